The van der Waals surface area contributed by atoms with Crippen molar-refractivity contribution in [3.63, 3.8) is 0 Å². The van der Waals surface area contributed by atoms with E-state index >= 15 is 0 Å². The average Bonchev–Trinajstić information content (AvgIpc) is 2.36. The number of hydrogen-bond acceptors (Lipinski definition) is 2. The Labute approximate surface area is 106 Å². The highest BCUT2D eigenvalue weighted by Gasteiger charge is 2.24. The van der Waals surface area contributed by atoms with Crippen LogP contribution in [0.5, 0.6) is 0 Å². The molecule has 1 unspecified atom stereocenters. The van der Waals surface area contributed by atoms with Crippen LogP contribution in [0.25, 0.3) is 0 Å². The van der Waals surface area contributed by atoms with Crippen molar-refractivity contribution in [2.75, 3.05) is 18.9 Å². The molecule has 96 valence electrons. The molecule has 17 heavy (non-hydrogen) atoms. The third kappa shape index (κ3) is 4.04. The fraction of sp³-hybridized carbons (Fsp3) is 0.600. The number of nitrogens with one attached hydrogen (secondary N) is 1. The second-order valence-electron chi connectivity index (χ2n) is 5.37. The first-order valence-electron chi connectivity index (χ1n) is 6.49. The summed E-state index contributed by atoms with van der Waals surface area (Å²) in [5.41, 5.74) is 1.46. The van der Waals surface area contributed by atoms with Crippen LogP contribution in [-0.2, 0) is 0 Å². The van der Waals surface area contributed by atoms with E-state index in [4.69, 9.17) is 0 Å². The van der Waals surface area contributed by atoms with Crippen LogP contribution in [0, 0.1) is 0 Å². The smallest absolute Gasteiger partial charge is 0.0340 e. The van der Waals surface area contributed by atoms with E-state index in [-0.39, 0.29) is 5.54 Å². The highest BCUT2D eigenvalue weighted by molar-refractivity contribution is 5.42. The zero-order chi connectivity index (χ0) is 12.9. The lowest BCUT2D eigenvalue weighted by molar-refractivity contribution is 0.112. The molecule has 1 atom stereocenters. The van der Waals surface area contributed by atoms with Crippen molar-refractivity contribution in [2.45, 2.75) is 45.7 Å². The van der Waals surface area contributed by atoms with Crippen molar-refractivity contribution in [2.24, 2.45) is 0 Å². The number of rotatable bonds is 6. The lowest BCUT2D eigenvalue weighted by Crippen LogP contribution is -2.48. The molecular formula is C15H26N2. The molecule has 0 heterocycles. The van der Waals surface area contributed by atoms with Crippen molar-refractivity contribution in [1.82, 2.24) is 4.90 Å². The van der Waals surface area contributed by atoms with Gasteiger partial charge in [0, 0.05) is 23.8 Å². The largest absolute Gasteiger partial charge is 0.383 e. The van der Waals surface area contributed by atoms with Crippen molar-refractivity contribution in [1.29, 1.82) is 0 Å². The first-order valence-corrected chi connectivity index (χ1v) is 6.49. The molecule has 2 nitrogen and oxygen atoms in total. The monoisotopic (exact) mass is 234 g/mol. The van der Waals surface area contributed by atoms with Crippen LogP contribution in [0.3, 0.4) is 0 Å². The zero-order valence-electron chi connectivity index (χ0n) is 11.8. The number of benzene rings is 1. The summed E-state index contributed by atoms with van der Waals surface area (Å²) < 4.78 is 0. The topological polar surface area (TPSA) is 15.3 Å². The molecule has 0 aliphatic carbocycles. The molecule has 1 rings (SSSR count). The number of hydrogen-bond donors (Lipinski definition) is 1. The molecule has 2 heteroatoms. The number of para-hydroxylation sites is 1. The van der Waals surface area contributed by atoms with Gasteiger partial charge in [0.1, 0.15) is 0 Å². The van der Waals surface area contributed by atoms with E-state index in [0.717, 1.165) is 6.54 Å². The first-order chi connectivity index (χ1) is 7.97. The van der Waals surface area contributed by atoms with Crippen LogP contribution in [0.4, 0.5) is 5.69 Å². The summed E-state index contributed by atoms with van der Waals surface area (Å²) in [5.74, 6) is 0. The highest BCUT2D eigenvalue weighted by Crippen LogP contribution is 2.19. The van der Waals surface area contributed by atoms with Crippen LogP contribution in [0.2, 0.25) is 0 Å². The third-order valence-electron chi connectivity index (χ3n) is 3.86. The quantitative estimate of drug-likeness (QED) is 0.809. The van der Waals surface area contributed by atoms with Gasteiger partial charge in [-0.15, -0.1) is 0 Å². The molecular weight excluding hydrogens is 208 g/mol. The summed E-state index contributed by atoms with van der Waals surface area (Å²) in [6.45, 7) is 10.1. The summed E-state index contributed by atoms with van der Waals surface area (Å²) in [6, 6.07) is 10.9. The molecule has 0 saturated carbocycles. The van der Waals surface area contributed by atoms with Gasteiger partial charge in [-0.05, 0) is 46.4 Å². The minimum Gasteiger partial charge on any atom is -0.383 e. The van der Waals surface area contributed by atoms with Gasteiger partial charge in [0.2, 0.25) is 0 Å². The normalized spacial score (nSPS) is 13.8. The molecule has 1 aromatic carbocycles. The first kappa shape index (κ1) is 14.0. The summed E-state index contributed by atoms with van der Waals surface area (Å²) in [7, 11) is 2.21. The molecule has 0 aliphatic heterocycles. The van der Waals surface area contributed by atoms with Gasteiger partial charge in [0.15, 0.2) is 0 Å². The van der Waals surface area contributed by atoms with Crippen molar-refractivity contribution in [3.05, 3.63) is 30.3 Å². The van der Waals surface area contributed by atoms with E-state index in [9.17, 15) is 0 Å². The molecule has 1 N–H and O–H groups in total. The Morgan fingerprint density at radius 2 is 1.82 bits per heavy atom. The summed E-state index contributed by atoms with van der Waals surface area (Å²) in [6.07, 6.45) is 1.17. The fourth-order valence-corrected chi connectivity index (χ4v) is 1.80. The Hall–Kier alpha value is -1.02. The summed E-state index contributed by atoms with van der Waals surface area (Å²) in [4.78, 5) is 2.45. The van der Waals surface area contributed by atoms with Crippen LogP contribution < -0.4 is 5.32 Å². The number of likely N-dealkylation sites (N-methyl/N-ethyl adjacent to an activating group) is 1. The van der Waals surface area contributed by atoms with Gasteiger partial charge in [0.25, 0.3) is 0 Å². The second-order valence-corrected chi connectivity index (χ2v) is 5.37. The highest BCUT2D eigenvalue weighted by atomic mass is 15.2. The van der Waals surface area contributed by atoms with Crippen molar-refractivity contribution >= 4 is 5.69 Å². The van der Waals surface area contributed by atoms with Gasteiger partial charge in [-0.3, -0.25) is 4.90 Å². The van der Waals surface area contributed by atoms with Gasteiger partial charge in [-0.2, -0.15) is 0 Å². The minimum atomic E-state index is 0.262. The maximum atomic E-state index is 3.48. The van der Waals surface area contributed by atoms with E-state index in [1.54, 1.807) is 0 Å². The zero-order valence-corrected chi connectivity index (χ0v) is 11.8. The molecule has 0 aromatic heterocycles. The lowest BCUT2D eigenvalue weighted by Gasteiger charge is -2.39. The molecule has 0 fully saturated rings. The SMILES string of the molecule is CCC(C)(C)N(C)C(C)CNc1ccccc1. The molecule has 0 spiro atoms. The standard InChI is InChI=1S/C15H26N2/c1-6-15(3,4)17(5)13(2)12-16-14-10-8-7-9-11-14/h7-11,13,16H,6,12H2,1-5H3. The second kappa shape index (κ2) is 6.06. The van der Waals surface area contributed by atoms with E-state index in [0.29, 0.717) is 6.04 Å². The molecule has 0 bridgehead atoms. The Morgan fingerprint density at radius 1 is 1.24 bits per heavy atom. The van der Waals surface area contributed by atoms with Gasteiger partial charge < -0.3 is 5.32 Å². The fourth-order valence-electron chi connectivity index (χ4n) is 1.80. The van der Waals surface area contributed by atoms with Crippen LogP contribution >= 0.6 is 0 Å². The van der Waals surface area contributed by atoms with Crippen LogP contribution in [0.1, 0.15) is 34.1 Å². The Balaban J connectivity index is 2.47. The third-order valence-corrected chi connectivity index (χ3v) is 3.86. The van der Waals surface area contributed by atoms with E-state index in [2.05, 4.69) is 69.2 Å². The molecule has 0 radical (unpaired) electrons. The van der Waals surface area contributed by atoms with E-state index < -0.39 is 0 Å². The Bertz CT molecular complexity index is 319. The lowest BCUT2D eigenvalue weighted by atomic mass is 9.98. The Morgan fingerprint density at radius 3 is 2.35 bits per heavy atom. The molecule has 1 aromatic rings. The number of anilines is 1. The van der Waals surface area contributed by atoms with Crippen molar-refractivity contribution < 1.29 is 0 Å². The van der Waals surface area contributed by atoms with Gasteiger partial charge in [0.05, 0.1) is 0 Å². The summed E-state index contributed by atoms with van der Waals surface area (Å²) >= 11 is 0. The predicted molar refractivity (Wildman–Crippen MR) is 76.5 cm³/mol. The van der Waals surface area contributed by atoms with Crippen molar-refractivity contribution in [3.8, 4) is 0 Å². The van der Waals surface area contributed by atoms with Crippen LogP contribution in [0.15, 0.2) is 30.3 Å². The Kier molecular flexibility index (Phi) is 5.01. The average molecular weight is 234 g/mol. The van der Waals surface area contributed by atoms with E-state index in [1.165, 1.54) is 12.1 Å². The summed E-state index contributed by atoms with van der Waals surface area (Å²) in [5, 5.41) is 3.48. The maximum absolute atomic E-state index is 3.48. The molecule has 0 saturated heterocycles. The predicted octanol–water partition coefficient (Wildman–Crippen LogP) is 3.61. The maximum Gasteiger partial charge on any atom is 0.0340 e. The van der Waals surface area contributed by atoms with Gasteiger partial charge >= 0.3 is 0 Å². The molecule has 0 aliphatic rings. The minimum absolute atomic E-state index is 0.262. The van der Waals surface area contributed by atoms with Gasteiger partial charge in [-0.25, -0.2) is 0 Å². The van der Waals surface area contributed by atoms with E-state index in [1.807, 2.05) is 6.07 Å². The van der Waals surface area contributed by atoms with Gasteiger partial charge in [-0.1, -0.05) is 25.1 Å². The number of nitrogens with zero attached hydrogens (tertiary/aromatic N) is 1. The molecule has 0 amide bonds. The van der Waals surface area contributed by atoms with Crippen LogP contribution in [-0.4, -0.2) is 30.1 Å².